The van der Waals surface area contributed by atoms with E-state index in [0.29, 0.717) is 11.8 Å². The Labute approximate surface area is 716 Å². The van der Waals surface area contributed by atoms with E-state index in [9.17, 15) is 0 Å². The molecule has 6 aromatic heterocycles. The molecule has 0 atom stereocenters. The number of hydrogen-bond acceptors (Lipinski definition) is 4. The van der Waals surface area contributed by atoms with Crippen LogP contribution in [0.5, 0.6) is 11.5 Å². The van der Waals surface area contributed by atoms with Crippen molar-refractivity contribution in [2.24, 2.45) is 0 Å². The van der Waals surface area contributed by atoms with Gasteiger partial charge < -0.3 is 18.4 Å². The predicted molar refractivity (Wildman–Crippen MR) is 501 cm³/mol. The topological polar surface area (TPSA) is 59.1 Å². The summed E-state index contributed by atoms with van der Waals surface area (Å²) in [6.07, 6.45) is 3.96. The summed E-state index contributed by atoms with van der Waals surface area (Å²) in [5.41, 5.74) is 22.4. The molecule has 0 unspecified atom stereocenters. The van der Waals surface area contributed by atoms with Crippen molar-refractivity contribution >= 4 is 132 Å². The van der Waals surface area contributed by atoms with Gasteiger partial charge in [0.05, 0.1) is 50.0 Å². The standard InChI is InChI=1S/C46H35N3OSi.C36H22N2S.C27H27N2.Ir/c1-46(2)36-23-9-14-29-42(36)50-44-37(46)24-16-30-43(44)51(33-18-5-3-6-19-33,34-20-7-4-8-21-34)35-22-15-17-32(31-35)48-40-27-12-13-28-41(40)49-39-26-11-10-25-38(39)47-45(48)49;1-5-13-31-25(9-1)26-10-2-6-14-32(26)37(31)23-17-19-35-29(21-23)30-22-24(18-20-36(30)39-35)38-33-15-7-3-11-27(33)28-12-4-8-16-34(28)38;1-19(2)24-17-23(21-11-7-5-8-12-21)18-25(20(3)4)26(24)29-16-15-28-27(29)22-13-9-6-10-14-22;/h3-31H,1-2H3;1-22H;5-13,15-20H,1-4H3;/q;;-1;. The van der Waals surface area contributed by atoms with Crippen LogP contribution in [0.2, 0.25) is 0 Å². The molecule has 11 heteroatoms. The van der Waals surface area contributed by atoms with Gasteiger partial charge in [0.25, 0.3) is 0 Å². The van der Waals surface area contributed by atoms with E-state index in [1.165, 1.54) is 135 Å². The Hall–Kier alpha value is -13.5. The summed E-state index contributed by atoms with van der Waals surface area (Å²) < 4.78 is 21.4. The minimum Gasteiger partial charge on any atom is -0.457 e. The van der Waals surface area contributed by atoms with Crippen molar-refractivity contribution in [2.45, 2.75) is 58.8 Å². The second-order valence-electron chi connectivity index (χ2n) is 32.3. The third-order valence-electron chi connectivity index (χ3n) is 24.4. The molecular formula is C109H84IrN7OSSi-. The molecular weight excluding hydrogens is 1680 g/mol. The predicted octanol–water partition coefficient (Wildman–Crippen LogP) is 25.7. The average Bonchev–Trinajstić information content (AvgIpc) is 0.848. The first-order valence-corrected chi connectivity index (χ1v) is 44.0. The number of hydrogen-bond donors (Lipinski definition) is 0. The fourth-order valence-corrected chi connectivity index (χ4v) is 24.8. The molecule has 0 N–H and O–H groups in total. The van der Waals surface area contributed by atoms with Crippen LogP contribution in [-0.2, 0) is 25.5 Å². The number of rotatable bonds is 12. The number of nitrogens with zero attached hydrogens (tertiary/aromatic N) is 7. The van der Waals surface area contributed by atoms with Gasteiger partial charge in [-0.05, 0) is 170 Å². The Bertz CT molecular complexity index is 7300. The van der Waals surface area contributed by atoms with Gasteiger partial charge in [-0.2, -0.15) is 0 Å². The third kappa shape index (κ3) is 12.5. The molecule has 0 spiro atoms. The van der Waals surface area contributed by atoms with E-state index >= 15 is 0 Å². The Morgan fingerprint density at radius 2 is 0.867 bits per heavy atom. The zero-order chi connectivity index (χ0) is 80.0. The number of aromatic nitrogens is 7. The van der Waals surface area contributed by atoms with E-state index in [4.69, 9.17) is 9.72 Å². The number of imidazole rings is 3. The molecule has 1 aliphatic heterocycles. The fourth-order valence-electron chi connectivity index (χ4n) is 18.9. The van der Waals surface area contributed by atoms with Gasteiger partial charge in [-0.3, -0.25) is 14.0 Å². The maximum Gasteiger partial charge on any atom is 0.220 e. The van der Waals surface area contributed by atoms with Crippen LogP contribution in [0, 0.1) is 6.07 Å². The van der Waals surface area contributed by atoms with Crippen LogP contribution < -0.4 is 25.5 Å². The maximum absolute atomic E-state index is 7.08. The summed E-state index contributed by atoms with van der Waals surface area (Å²) in [6.45, 7) is 13.7. The van der Waals surface area contributed by atoms with E-state index in [1.807, 2.05) is 35.7 Å². The van der Waals surface area contributed by atoms with Crippen molar-refractivity contribution in [3.8, 4) is 56.8 Å². The molecule has 0 amide bonds. The van der Waals surface area contributed by atoms with Gasteiger partial charge in [0.2, 0.25) is 5.78 Å². The summed E-state index contributed by atoms with van der Waals surface area (Å²) in [7, 11) is -3.04. The Morgan fingerprint density at radius 1 is 0.392 bits per heavy atom. The summed E-state index contributed by atoms with van der Waals surface area (Å²) in [6, 6.07) is 139. The molecule has 23 rings (SSSR count). The minimum absolute atomic E-state index is 0. The van der Waals surface area contributed by atoms with Crippen molar-refractivity contribution in [2.75, 3.05) is 0 Å². The third-order valence-corrected chi connectivity index (χ3v) is 30.3. The van der Waals surface area contributed by atoms with Crippen LogP contribution in [0.25, 0.3) is 137 Å². The van der Waals surface area contributed by atoms with Gasteiger partial charge in [-0.15, -0.1) is 47.2 Å². The Kier molecular flexibility index (Phi) is 19.3. The van der Waals surface area contributed by atoms with Crippen LogP contribution in [-0.4, -0.2) is 40.7 Å². The quantitative estimate of drug-likeness (QED) is 0.0696. The van der Waals surface area contributed by atoms with Crippen LogP contribution in [0.4, 0.5) is 0 Å². The van der Waals surface area contributed by atoms with E-state index in [1.54, 1.807) is 0 Å². The minimum atomic E-state index is -3.04. The van der Waals surface area contributed by atoms with Gasteiger partial charge in [-0.25, -0.2) is 4.98 Å². The molecule has 581 valence electrons. The van der Waals surface area contributed by atoms with Crippen molar-refractivity contribution in [3.05, 3.63) is 417 Å². The zero-order valence-electron chi connectivity index (χ0n) is 67.4. The summed E-state index contributed by atoms with van der Waals surface area (Å²) >= 11 is 1.87. The monoisotopic (exact) mass is 1760 g/mol. The van der Waals surface area contributed by atoms with Gasteiger partial charge >= 0.3 is 0 Å². The first kappa shape index (κ1) is 75.2. The molecule has 16 aromatic carbocycles. The summed E-state index contributed by atoms with van der Waals surface area (Å²) in [4.78, 5) is 9.88. The van der Waals surface area contributed by atoms with Crippen molar-refractivity contribution in [3.63, 3.8) is 0 Å². The van der Waals surface area contributed by atoms with Crippen LogP contribution in [0.1, 0.15) is 75.6 Å². The molecule has 0 bridgehead atoms. The molecule has 1 radical (unpaired) electrons. The first-order chi connectivity index (χ1) is 58.5. The first-order valence-electron chi connectivity index (χ1n) is 41.2. The number of para-hydroxylation sites is 10. The number of ether oxygens (including phenoxy) is 1. The van der Waals surface area contributed by atoms with E-state index in [0.717, 1.165) is 56.4 Å². The molecule has 0 aliphatic carbocycles. The molecule has 120 heavy (non-hydrogen) atoms. The van der Waals surface area contributed by atoms with Crippen molar-refractivity contribution in [1.29, 1.82) is 0 Å². The normalized spacial score (nSPS) is 12.5. The maximum atomic E-state index is 7.08. The van der Waals surface area contributed by atoms with Gasteiger partial charge in [0.15, 0.2) is 8.07 Å². The molecule has 22 aromatic rings. The van der Waals surface area contributed by atoms with E-state index in [-0.39, 0.29) is 25.5 Å². The van der Waals surface area contributed by atoms with Crippen molar-refractivity contribution in [1.82, 2.24) is 32.6 Å². The van der Waals surface area contributed by atoms with Crippen LogP contribution in [0.3, 0.4) is 0 Å². The second-order valence-corrected chi connectivity index (χ2v) is 37.1. The molecule has 0 saturated carbocycles. The zero-order valence-corrected chi connectivity index (χ0v) is 71.6. The van der Waals surface area contributed by atoms with Crippen LogP contribution >= 0.6 is 11.3 Å². The van der Waals surface area contributed by atoms with E-state index in [2.05, 4.69) is 439 Å². The molecule has 0 fully saturated rings. The summed E-state index contributed by atoms with van der Waals surface area (Å²) in [5.74, 6) is 4.51. The fraction of sp³-hybridized carbons (Fsp3) is 0.0826. The molecule has 0 saturated heterocycles. The number of benzene rings is 16. The van der Waals surface area contributed by atoms with Crippen LogP contribution in [0.15, 0.2) is 389 Å². The second kappa shape index (κ2) is 30.8. The van der Waals surface area contributed by atoms with Gasteiger partial charge in [0, 0.05) is 114 Å². The number of fused-ring (bicyclic) bond motifs is 16. The van der Waals surface area contributed by atoms with Gasteiger partial charge in [-0.1, -0.05) is 278 Å². The van der Waals surface area contributed by atoms with Gasteiger partial charge in [0.1, 0.15) is 11.5 Å². The van der Waals surface area contributed by atoms with Crippen molar-refractivity contribution < 1.29 is 24.8 Å². The summed E-state index contributed by atoms with van der Waals surface area (Å²) in [5, 5.41) is 12.9. The molecule has 8 nitrogen and oxygen atoms in total. The average molecular weight is 1760 g/mol. The largest absolute Gasteiger partial charge is 0.457 e. The smallest absolute Gasteiger partial charge is 0.220 e. The SMILES string of the molecule is CC(C)c1cc(-c2ccccc2)cc(C(C)C)c1-n1ccnc1-c1[c-]cccc1.CC1(C)c2ccccc2Oc2c1cccc2[Si](c1ccccc1)(c1ccccc1)c1cccc(-n2c3ccccc3n3c4ccccc4nc23)c1.[Ir].c1ccc2c(c1)c1ccccc1n2-c1ccc2sc3ccc(-n4c5ccccc5c5ccccc54)cc3c2c1. The molecule has 7 heterocycles. The molecule has 1 aliphatic rings. The Morgan fingerprint density at radius 3 is 1.43 bits per heavy atom. The van der Waals surface area contributed by atoms with E-state index < -0.39 is 8.07 Å². The number of thiophene rings is 1. The Balaban J connectivity index is 0.000000119.